The first-order chi connectivity index (χ1) is 7.55. The van der Waals surface area contributed by atoms with Crippen molar-refractivity contribution in [3.8, 4) is 0 Å². The van der Waals surface area contributed by atoms with Crippen molar-refractivity contribution in [2.75, 3.05) is 0 Å². The summed E-state index contributed by atoms with van der Waals surface area (Å²) >= 11 is 0. The molecule has 0 spiro atoms. The van der Waals surface area contributed by atoms with Crippen molar-refractivity contribution >= 4 is 0 Å². The van der Waals surface area contributed by atoms with Gasteiger partial charge in [0.05, 0.1) is 5.92 Å². The molecule has 4 rings (SSSR count). The molecule has 0 aromatic rings. The maximum absolute atomic E-state index is 13.1. The summed E-state index contributed by atoms with van der Waals surface area (Å²) in [4.78, 5) is 0. The largest absolute Gasteiger partial charge is 0.356 e. The molecule has 88 valence electrons. The second-order valence-electron chi connectivity index (χ2n) is 6.19. The van der Waals surface area contributed by atoms with E-state index in [2.05, 4.69) is 12.2 Å². The molecule has 4 bridgehead atoms. The molecule has 3 fully saturated rings. The number of allylic oxidation sites excluding steroid dienone is 2. The molecule has 4 aliphatic rings. The number of alkyl halides is 2. The number of hydrogen-bond donors (Lipinski definition) is 1. The van der Waals surface area contributed by atoms with Crippen LogP contribution in [0.2, 0.25) is 0 Å². The summed E-state index contributed by atoms with van der Waals surface area (Å²) in [5.41, 5.74) is 0. The normalized spacial score (nSPS) is 57.3. The Bertz CT molecular complexity index is 359. The van der Waals surface area contributed by atoms with E-state index in [1.165, 1.54) is 6.42 Å². The SMILES string of the molecule is OC(F)(F)C1CC2CC1C1C3C=CC(C3)C21. The first-order valence-corrected chi connectivity index (χ1v) is 6.34. The lowest BCUT2D eigenvalue weighted by molar-refractivity contribution is -0.252. The van der Waals surface area contributed by atoms with Crippen molar-refractivity contribution in [2.45, 2.75) is 25.4 Å². The number of aliphatic hydroxyl groups is 1. The van der Waals surface area contributed by atoms with Gasteiger partial charge in [0.1, 0.15) is 0 Å². The zero-order chi connectivity index (χ0) is 11.1. The van der Waals surface area contributed by atoms with Gasteiger partial charge in [0, 0.05) is 0 Å². The minimum atomic E-state index is -3.45. The lowest BCUT2D eigenvalue weighted by Crippen LogP contribution is -2.39. The molecule has 0 aromatic carbocycles. The lowest BCUT2D eigenvalue weighted by atomic mass is 9.69. The minimum Gasteiger partial charge on any atom is -0.336 e. The van der Waals surface area contributed by atoms with Crippen LogP contribution >= 0.6 is 0 Å². The van der Waals surface area contributed by atoms with Crippen LogP contribution in [0.1, 0.15) is 19.3 Å². The van der Waals surface area contributed by atoms with Crippen molar-refractivity contribution in [3.63, 3.8) is 0 Å². The van der Waals surface area contributed by atoms with Gasteiger partial charge in [-0.15, -0.1) is 0 Å². The Morgan fingerprint density at radius 3 is 2.38 bits per heavy atom. The van der Waals surface area contributed by atoms with Gasteiger partial charge in [-0.1, -0.05) is 12.2 Å². The first kappa shape index (κ1) is 9.58. The van der Waals surface area contributed by atoms with E-state index in [-0.39, 0.29) is 5.92 Å². The number of fused-ring (bicyclic) bond motifs is 9. The molecular formula is C13H16F2O. The third-order valence-electron chi connectivity index (χ3n) is 5.72. The number of rotatable bonds is 1. The highest BCUT2D eigenvalue weighted by molar-refractivity contribution is 5.21. The average molecular weight is 226 g/mol. The molecule has 16 heavy (non-hydrogen) atoms. The topological polar surface area (TPSA) is 20.2 Å². The smallest absolute Gasteiger partial charge is 0.336 e. The van der Waals surface area contributed by atoms with Gasteiger partial charge in [0.2, 0.25) is 0 Å². The molecule has 0 saturated heterocycles. The van der Waals surface area contributed by atoms with Gasteiger partial charge in [-0.2, -0.15) is 8.78 Å². The summed E-state index contributed by atoms with van der Waals surface area (Å²) in [6.07, 6.45) is 3.76. The summed E-state index contributed by atoms with van der Waals surface area (Å²) in [6.45, 7) is 0. The fourth-order valence-corrected chi connectivity index (χ4v) is 5.42. The van der Waals surface area contributed by atoms with Crippen LogP contribution in [0.15, 0.2) is 12.2 Å². The molecule has 3 saturated carbocycles. The molecule has 0 aliphatic heterocycles. The highest BCUT2D eigenvalue weighted by Crippen LogP contribution is 2.68. The highest BCUT2D eigenvalue weighted by atomic mass is 19.3. The Morgan fingerprint density at radius 2 is 1.69 bits per heavy atom. The maximum Gasteiger partial charge on any atom is 0.356 e. The van der Waals surface area contributed by atoms with E-state index in [0.717, 1.165) is 6.42 Å². The van der Waals surface area contributed by atoms with Gasteiger partial charge >= 0.3 is 6.11 Å². The van der Waals surface area contributed by atoms with E-state index in [1.807, 2.05) is 0 Å². The highest BCUT2D eigenvalue weighted by Gasteiger charge is 2.64. The third kappa shape index (κ3) is 0.987. The van der Waals surface area contributed by atoms with Crippen LogP contribution in [0.5, 0.6) is 0 Å². The van der Waals surface area contributed by atoms with E-state index >= 15 is 0 Å². The Balaban J connectivity index is 1.68. The van der Waals surface area contributed by atoms with Crippen molar-refractivity contribution in [2.24, 2.45) is 41.4 Å². The second-order valence-corrected chi connectivity index (χ2v) is 6.19. The monoisotopic (exact) mass is 226 g/mol. The summed E-state index contributed by atoms with van der Waals surface area (Å²) in [6, 6.07) is 0. The average Bonchev–Trinajstić information content (AvgIpc) is 2.94. The summed E-state index contributed by atoms with van der Waals surface area (Å²) in [5, 5.41) is 8.98. The van der Waals surface area contributed by atoms with E-state index in [1.54, 1.807) is 0 Å². The number of halogens is 2. The lowest BCUT2D eigenvalue weighted by Gasteiger charge is -2.37. The van der Waals surface area contributed by atoms with Gasteiger partial charge in [-0.05, 0) is 54.8 Å². The molecule has 0 amide bonds. The van der Waals surface area contributed by atoms with Gasteiger partial charge < -0.3 is 5.11 Å². The Morgan fingerprint density at radius 1 is 1.00 bits per heavy atom. The summed E-state index contributed by atoms with van der Waals surface area (Å²) < 4.78 is 26.2. The molecule has 0 radical (unpaired) electrons. The van der Waals surface area contributed by atoms with Crippen molar-refractivity contribution in [3.05, 3.63) is 12.2 Å². The second kappa shape index (κ2) is 2.69. The van der Waals surface area contributed by atoms with Crippen LogP contribution in [0.3, 0.4) is 0 Å². The van der Waals surface area contributed by atoms with Gasteiger partial charge in [0.25, 0.3) is 0 Å². The van der Waals surface area contributed by atoms with Crippen LogP contribution in [-0.4, -0.2) is 11.2 Å². The zero-order valence-corrected chi connectivity index (χ0v) is 9.02. The fourth-order valence-electron chi connectivity index (χ4n) is 5.42. The number of hydrogen-bond acceptors (Lipinski definition) is 1. The first-order valence-electron chi connectivity index (χ1n) is 6.34. The van der Waals surface area contributed by atoms with Gasteiger partial charge in [0.15, 0.2) is 0 Å². The zero-order valence-electron chi connectivity index (χ0n) is 9.02. The molecule has 0 aromatic heterocycles. The van der Waals surface area contributed by atoms with Crippen LogP contribution in [0.4, 0.5) is 8.78 Å². The maximum atomic E-state index is 13.1. The van der Waals surface area contributed by atoms with Crippen molar-refractivity contribution in [1.82, 2.24) is 0 Å². The summed E-state index contributed by atoms with van der Waals surface area (Å²) in [7, 11) is 0. The van der Waals surface area contributed by atoms with E-state index in [4.69, 9.17) is 5.11 Å². The van der Waals surface area contributed by atoms with Crippen LogP contribution in [0, 0.1) is 41.4 Å². The van der Waals surface area contributed by atoms with E-state index in [0.29, 0.717) is 36.0 Å². The van der Waals surface area contributed by atoms with Crippen LogP contribution < -0.4 is 0 Å². The quantitative estimate of drug-likeness (QED) is 0.538. The molecule has 7 atom stereocenters. The Hall–Kier alpha value is -0.440. The van der Waals surface area contributed by atoms with Crippen LogP contribution in [-0.2, 0) is 0 Å². The van der Waals surface area contributed by atoms with Gasteiger partial charge in [-0.3, -0.25) is 0 Å². The summed E-state index contributed by atoms with van der Waals surface area (Å²) in [5.74, 6) is 2.10. The molecule has 4 aliphatic carbocycles. The van der Waals surface area contributed by atoms with Crippen molar-refractivity contribution < 1.29 is 13.9 Å². The molecular weight excluding hydrogens is 210 g/mol. The molecule has 1 N–H and O–H groups in total. The third-order valence-corrected chi connectivity index (χ3v) is 5.72. The molecule has 0 heterocycles. The Labute approximate surface area is 93.5 Å². The predicted octanol–water partition coefficient (Wildman–Crippen LogP) is 2.67. The van der Waals surface area contributed by atoms with Crippen LogP contribution in [0.25, 0.3) is 0 Å². The van der Waals surface area contributed by atoms with Gasteiger partial charge in [-0.25, -0.2) is 0 Å². The van der Waals surface area contributed by atoms with Crippen molar-refractivity contribution in [1.29, 1.82) is 0 Å². The predicted molar refractivity (Wildman–Crippen MR) is 54.6 cm³/mol. The Kier molecular flexibility index (Phi) is 1.61. The standard InChI is InChI=1S/C13H16F2O/c14-13(15,16)10-5-8-4-9(10)12-7-2-1-6(3-7)11(8)12/h1-2,6-12,16H,3-5H2. The minimum absolute atomic E-state index is 0.0787. The van der Waals surface area contributed by atoms with E-state index < -0.39 is 12.0 Å². The molecule has 3 heteroatoms. The molecule has 7 unspecified atom stereocenters. The molecule has 1 nitrogen and oxygen atoms in total. The fraction of sp³-hybridized carbons (Fsp3) is 0.846. The van der Waals surface area contributed by atoms with E-state index in [9.17, 15) is 8.78 Å².